The first-order valence-corrected chi connectivity index (χ1v) is 11.2. The highest BCUT2D eigenvalue weighted by atomic mass is 32.1. The van der Waals surface area contributed by atoms with Crippen LogP contribution in [0.25, 0.3) is 15.5 Å². The molecule has 164 valence electrons. The SMILES string of the molecule is COc1ccc(-c2nn3c(C)nnc3s2)cc1NC(=O)C(c1ccccc1)c1ccccc1. The number of rotatable bonds is 6. The average Bonchev–Trinajstić information content (AvgIpc) is 3.43. The molecular weight excluding hydrogens is 434 g/mol. The van der Waals surface area contributed by atoms with Crippen molar-refractivity contribution in [3.05, 3.63) is 95.8 Å². The summed E-state index contributed by atoms with van der Waals surface area (Å²) in [7, 11) is 1.59. The molecule has 0 bridgehead atoms. The summed E-state index contributed by atoms with van der Waals surface area (Å²) < 4.78 is 7.24. The molecule has 0 aliphatic rings. The smallest absolute Gasteiger partial charge is 0.236 e. The Morgan fingerprint density at radius 1 is 0.970 bits per heavy atom. The van der Waals surface area contributed by atoms with Gasteiger partial charge in [0, 0.05) is 5.56 Å². The fraction of sp³-hybridized carbons (Fsp3) is 0.120. The maximum Gasteiger partial charge on any atom is 0.236 e. The Bertz CT molecular complexity index is 1370. The number of hydrogen-bond acceptors (Lipinski definition) is 6. The number of amides is 1. The Morgan fingerprint density at radius 2 is 1.64 bits per heavy atom. The number of anilines is 1. The van der Waals surface area contributed by atoms with Crippen LogP contribution < -0.4 is 10.1 Å². The van der Waals surface area contributed by atoms with Crippen molar-refractivity contribution in [2.24, 2.45) is 0 Å². The van der Waals surface area contributed by atoms with Crippen molar-refractivity contribution >= 4 is 27.9 Å². The van der Waals surface area contributed by atoms with E-state index in [1.165, 1.54) is 11.3 Å². The lowest BCUT2D eigenvalue weighted by atomic mass is 9.90. The number of carbonyl (C=O) groups excluding carboxylic acids is 1. The van der Waals surface area contributed by atoms with E-state index < -0.39 is 5.92 Å². The Balaban J connectivity index is 1.51. The van der Waals surface area contributed by atoms with Gasteiger partial charge < -0.3 is 10.1 Å². The first-order chi connectivity index (χ1) is 16.1. The number of benzene rings is 3. The highest BCUT2D eigenvalue weighted by molar-refractivity contribution is 7.19. The molecule has 0 aliphatic heterocycles. The highest BCUT2D eigenvalue weighted by Gasteiger charge is 2.24. The molecule has 0 spiro atoms. The van der Waals surface area contributed by atoms with Gasteiger partial charge in [0.25, 0.3) is 0 Å². The molecule has 0 atom stereocenters. The van der Waals surface area contributed by atoms with Crippen LogP contribution in [0, 0.1) is 6.92 Å². The van der Waals surface area contributed by atoms with E-state index in [4.69, 9.17) is 4.74 Å². The summed E-state index contributed by atoms with van der Waals surface area (Å²) in [5.41, 5.74) is 3.28. The van der Waals surface area contributed by atoms with Crippen molar-refractivity contribution in [1.82, 2.24) is 19.8 Å². The molecule has 7 nitrogen and oxygen atoms in total. The summed E-state index contributed by atoms with van der Waals surface area (Å²) in [4.78, 5) is 14.3. The number of aryl methyl sites for hydroxylation is 1. The lowest BCUT2D eigenvalue weighted by Gasteiger charge is -2.19. The first kappa shape index (κ1) is 20.8. The Labute approximate surface area is 194 Å². The number of nitrogens with zero attached hydrogens (tertiary/aromatic N) is 4. The Hall–Kier alpha value is -4.04. The van der Waals surface area contributed by atoms with Crippen LogP contribution in [-0.4, -0.2) is 32.8 Å². The molecule has 0 unspecified atom stereocenters. The molecule has 0 radical (unpaired) electrons. The zero-order valence-corrected chi connectivity index (χ0v) is 18.9. The van der Waals surface area contributed by atoms with Gasteiger partial charge in [-0.2, -0.15) is 9.61 Å². The summed E-state index contributed by atoms with van der Waals surface area (Å²) in [6.07, 6.45) is 0. The van der Waals surface area contributed by atoms with Crippen LogP contribution >= 0.6 is 11.3 Å². The third kappa shape index (κ3) is 4.08. The van der Waals surface area contributed by atoms with Gasteiger partial charge in [-0.25, -0.2) is 0 Å². The predicted octanol–water partition coefficient (Wildman–Crippen LogP) is 4.94. The van der Waals surface area contributed by atoms with Crippen molar-refractivity contribution < 1.29 is 9.53 Å². The molecule has 5 rings (SSSR count). The summed E-state index contributed by atoms with van der Waals surface area (Å²) in [6.45, 7) is 1.86. The van der Waals surface area contributed by atoms with E-state index in [-0.39, 0.29) is 5.91 Å². The summed E-state index contributed by atoms with van der Waals surface area (Å²) in [5.74, 6) is 0.698. The van der Waals surface area contributed by atoms with Gasteiger partial charge in [0.05, 0.1) is 18.7 Å². The molecule has 0 fully saturated rings. The summed E-state index contributed by atoms with van der Waals surface area (Å²) in [5, 5.41) is 16.6. The number of ether oxygens (including phenoxy) is 1. The number of methoxy groups -OCH3 is 1. The van der Waals surface area contributed by atoms with E-state index >= 15 is 0 Å². The second kappa shape index (κ2) is 8.84. The van der Waals surface area contributed by atoms with Crippen LogP contribution in [0.3, 0.4) is 0 Å². The number of fused-ring (bicyclic) bond motifs is 1. The number of carbonyl (C=O) groups is 1. The fourth-order valence-corrected chi connectivity index (χ4v) is 4.64. The number of nitrogens with one attached hydrogen (secondary N) is 1. The van der Waals surface area contributed by atoms with Crippen LogP contribution in [0.15, 0.2) is 78.9 Å². The van der Waals surface area contributed by atoms with E-state index in [2.05, 4.69) is 20.6 Å². The lowest BCUT2D eigenvalue weighted by molar-refractivity contribution is -0.116. The quantitative estimate of drug-likeness (QED) is 0.392. The average molecular weight is 456 g/mol. The normalized spacial score (nSPS) is 11.1. The van der Waals surface area contributed by atoms with Crippen molar-refractivity contribution in [3.63, 3.8) is 0 Å². The van der Waals surface area contributed by atoms with E-state index in [9.17, 15) is 4.79 Å². The van der Waals surface area contributed by atoms with Crippen molar-refractivity contribution in [2.75, 3.05) is 12.4 Å². The molecule has 1 amide bonds. The van der Waals surface area contributed by atoms with Crippen molar-refractivity contribution in [2.45, 2.75) is 12.8 Å². The molecule has 1 N–H and O–H groups in total. The largest absolute Gasteiger partial charge is 0.495 e. The molecule has 0 saturated carbocycles. The van der Waals surface area contributed by atoms with E-state index in [1.807, 2.05) is 85.8 Å². The summed E-state index contributed by atoms with van der Waals surface area (Å²) >= 11 is 1.44. The molecule has 2 heterocycles. The highest BCUT2D eigenvalue weighted by Crippen LogP contribution is 2.34. The number of aromatic nitrogens is 4. The third-order valence-electron chi connectivity index (χ3n) is 5.38. The maximum absolute atomic E-state index is 13.6. The fourth-order valence-electron chi connectivity index (χ4n) is 3.76. The van der Waals surface area contributed by atoms with E-state index in [0.717, 1.165) is 32.5 Å². The van der Waals surface area contributed by atoms with Gasteiger partial charge in [-0.05, 0) is 36.2 Å². The van der Waals surface area contributed by atoms with Crippen LogP contribution in [-0.2, 0) is 4.79 Å². The van der Waals surface area contributed by atoms with Gasteiger partial charge in [0.15, 0.2) is 5.82 Å². The van der Waals surface area contributed by atoms with E-state index in [0.29, 0.717) is 11.4 Å². The minimum absolute atomic E-state index is 0.142. The standard InChI is InChI=1S/C25H21N5O2S/c1-16-27-28-25-30(16)29-24(33-25)19-13-14-21(32-2)20(15-19)26-23(31)22(17-9-5-3-6-10-17)18-11-7-4-8-12-18/h3-15,22H,1-2H3,(H,26,31). The van der Waals surface area contributed by atoms with Gasteiger partial charge in [0.2, 0.25) is 10.9 Å². The molecular formula is C25H21N5O2S. The Morgan fingerprint density at radius 3 is 2.24 bits per heavy atom. The third-order valence-corrected chi connectivity index (χ3v) is 6.33. The van der Waals surface area contributed by atoms with Gasteiger partial charge in [-0.1, -0.05) is 72.0 Å². The van der Waals surface area contributed by atoms with Gasteiger partial charge in [-0.3, -0.25) is 4.79 Å². The minimum Gasteiger partial charge on any atom is -0.495 e. The van der Waals surface area contributed by atoms with E-state index in [1.54, 1.807) is 11.6 Å². The van der Waals surface area contributed by atoms with Gasteiger partial charge in [-0.15, -0.1) is 10.2 Å². The van der Waals surface area contributed by atoms with Crippen LogP contribution in [0.1, 0.15) is 22.9 Å². The van der Waals surface area contributed by atoms with Crippen molar-refractivity contribution in [1.29, 1.82) is 0 Å². The number of hydrogen-bond donors (Lipinski definition) is 1. The summed E-state index contributed by atoms with van der Waals surface area (Å²) in [6, 6.07) is 25.1. The zero-order valence-electron chi connectivity index (χ0n) is 18.1. The first-order valence-electron chi connectivity index (χ1n) is 10.4. The van der Waals surface area contributed by atoms with Crippen LogP contribution in [0.2, 0.25) is 0 Å². The van der Waals surface area contributed by atoms with Crippen molar-refractivity contribution in [3.8, 4) is 16.3 Å². The zero-order chi connectivity index (χ0) is 22.8. The topological polar surface area (TPSA) is 81.4 Å². The molecule has 5 aromatic rings. The molecule has 8 heteroatoms. The molecule has 0 saturated heterocycles. The van der Waals surface area contributed by atoms with Gasteiger partial charge in [0.1, 0.15) is 10.8 Å². The molecule has 33 heavy (non-hydrogen) atoms. The lowest BCUT2D eigenvalue weighted by Crippen LogP contribution is -2.22. The molecule has 0 aliphatic carbocycles. The molecule has 2 aromatic heterocycles. The Kier molecular flexibility index (Phi) is 5.58. The minimum atomic E-state index is -0.461. The van der Waals surface area contributed by atoms with Crippen LogP contribution in [0.4, 0.5) is 5.69 Å². The van der Waals surface area contributed by atoms with Crippen LogP contribution in [0.5, 0.6) is 5.75 Å². The second-order valence-electron chi connectivity index (χ2n) is 7.51. The predicted molar refractivity (Wildman–Crippen MR) is 129 cm³/mol. The second-order valence-corrected chi connectivity index (χ2v) is 8.46. The monoisotopic (exact) mass is 455 g/mol. The maximum atomic E-state index is 13.6. The molecule has 3 aromatic carbocycles. The van der Waals surface area contributed by atoms with Gasteiger partial charge >= 0.3 is 0 Å².